The van der Waals surface area contributed by atoms with Crippen molar-refractivity contribution in [1.82, 2.24) is 21.3 Å². The zero-order chi connectivity index (χ0) is 44.8. The maximum atomic E-state index is 14.0. The molecule has 0 aromatic heterocycles. The lowest BCUT2D eigenvalue weighted by Gasteiger charge is -2.35. The van der Waals surface area contributed by atoms with Gasteiger partial charge in [-0.2, -0.15) is 23.5 Å². The fourth-order valence-corrected chi connectivity index (χ4v) is 17.0. The van der Waals surface area contributed by atoms with E-state index in [-0.39, 0.29) is 41.0 Å². The zero-order valence-corrected chi connectivity index (χ0v) is 43.2. The van der Waals surface area contributed by atoms with E-state index in [9.17, 15) is 19.2 Å². The lowest BCUT2D eigenvalue weighted by atomic mass is 10.0. The molecule has 1 aromatic rings. The van der Waals surface area contributed by atoms with Gasteiger partial charge in [-0.05, 0) is 86.5 Å². The maximum absolute atomic E-state index is 14.0. The SMILES string of the molecule is CCCCCCCCCC(SCCCSC1(CCCCCCCCC)SCCCS1)C(=O)c1ccc(C(=O)NCCCCCCNC(=O)CCCC[C@@H]2SC[C@@H]3NC(=O)N[C@@H]32)cc1. The second kappa shape index (κ2) is 33.3. The molecule has 3 aliphatic heterocycles. The van der Waals surface area contributed by atoms with E-state index in [1.54, 1.807) is 0 Å². The van der Waals surface area contributed by atoms with Gasteiger partial charge in [0.15, 0.2) is 5.78 Å². The number of rotatable bonds is 37. The molecule has 0 spiro atoms. The van der Waals surface area contributed by atoms with E-state index in [4.69, 9.17) is 0 Å². The Bertz CT molecular complexity index is 1430. The molecule has 63 heavy (non-hydrogen) atoms. The largest absolute Gasteiger partial charge is 0.356 e. The Labute approximate surface area is 404 Å². The molecule has 3 fully saturated rings. The van der Waals surface area contributed by atoms with Crippen LogP contribution in [0.3, 0.4) is 0 Å². The third-order valence-corrected chi connectivity index (χ3v) is 21.0. The maximum Gasteiger partial charge on any atom is 0.315 e. The summed E-state index contributed by atoms with van der Waals surface area (Å²) in [7, 11) is 0. The first-order valence-electron chi connectivity index (χ1n) is 25.3. The van der Waals surface area contributed by atoms with Crippen molar-refractivity contribution in [2.75, 3.05) is 41.9 Å². The number of urea groups is 1. The van der Waals surface area contributed by atoms with E-state index in [0.29, 0.717) is 33.7 Å². The number of carbonyl (C=O) groups is 4. The molecule has 358 valence electrons. The van der Waals surface area contributed by atoms with Crippen molar-refractivity contribution in [2.45, 2.75) is 207 Å². The number of carbonyl (C=O) groups excluding carboxylic acids is 4. The highest BCUT2D eigenvalue weighted by Gasteiger charge is 2.42. The van der Waals surface area contributed by atoms with Crippen LogP contribution < -0.4 is 21.3 Å². The third-order valence-electron chi connectivity index (χ3n) is 12.5. The Morgan fingerprint density at radius 3 is 2.03 bits per heavy atom. The molecular formula is C50H84N4O4S5. The summed E-state index contributed by atoms with van der Waals surface area (Å²) >= 11 is 10.4. The molecule has 3 aliphatic rings. The fourth-order valence-electron chi connectivity index (χ4n) is 8.71. The molecular weight excluding hydrogens is 881 g/mol. The van der Waals surface area contributed by atoms with Gasteiger partial charge in [0.2, 0.25) is 5.91 Å². The van der Waals surface area contributed by atoms with Crippen molar-refractivity contribution in [2.24, 2.45) is 0 Å². The normalized spacial score (nSPS) is 19.6. The average molecular weight is 966 g/mol. The number of thioether (sulfide) groups is 5. The molecule has 8 nitrogen and oxygen atoms in total. The molecule has 0 radical (unpaired) electrons. The van der Waals surface area contributed by atoms with E-state index in [1.807, 2.05) is 47.8 Å². The summed E-state index contributed by atoms with van der Waals surface area (Å²) in [5.41, 5.74) is 1.32. The predicted molar refractivity (Wildman–Crippen MR) is 279 cm³/mol. The van der Waals surface area contributed by atoms with Crippen LogP contribution in [0.2, 0.25) is 0 Å². The van der Waals surface area contributed by atoms with E-state index in [1.165, 1.54) is 108 Å². The Hall–Kier alpha value is -1.15. The van der Waals surface area contributed by atoms with Gasteiger partial charge in [-0.15, -0.1) is 35.3 Å². The van der Waals surface area contributed by atoms with E-state index in [2.05, 4.69) is 70.4 Å². The molecule has 4 amide bonds. The summed E-state index contributed by atoms with van der Waals surface area (Å²) in [6, 6.07) is 7.79. The van der Waals surface area contributed by atoms with Crippen LogP contribution in [-0.4, -0.2) is 91.5 Å². The monoisotopic (exact) mass is 965 g/mol. The van der Waals surface area contributed by atoms with E-state index >= 15 is 0 Å². The van der Waals surface area contributed by atoms with Crippen molar-refractivity contribution in [1.29, 1.82) is 0 Å². The van der Waals surface area contributed by atoms with Crippen LogP contribution in [0.1, 0.15) is 202 Å². The average Bonchev–Trinajstić information content (AvgIpc) is 3.86. The molecule has 4 atom stereocenters. The van der Waals surface area contributed by atoms with Gasteiger partial charge < -0.3 is 21.3 Å². The molecule has 0 bridgehead atoms. The highest BCUT2D eigenvalue weighted by Crippen LogP contribution is 2.54. The Morgan fingerprint density at radius 1 is 0.714 bits per heavy atom. The number of hydrogen-bond acceptors (Lipinski definition) is 9. The van der Waals surface area contributed by atoms with Crippen molar-refractivity contribution < 1.29 is 19.2 Å². The zero-order valence-electron chi connectivity index (χ0n) is 39.1. The van der Waals surface area contributed by atoms with Crippen molar-refractivity contribution in [3.8, 4) is 0 Å². The Balaban J connectivity index is 1.09. The number of fused-ring (bicyclic) bond motifs is 1. The quantitative estimate of drug-likeness (QED) is 0.0294. The minimum Gasteiger partial charge on any atom is -0.356 e. The molecule has 13 heteroatoms. The highest BCUT2D eigenvalue weighted by atomic mass is 32.3. The van der Waals surface area contributed by atoms with Gasteiger partial charge >= 0.3 is 6.03 Å². The van der Waals surface area contributed by atoms with E-state index in [0.717, 1.165) is 87.0 Å². The van der Waals surface area contributed by atoms with Crippen LogP contribution in [0.4, 0.5) is 4.79 Å². The van der Waals surface area contributed by atoms with Crippen LogP contribution in [-0.2, 0) is 4.79 Å². The predicted octanol–water partition coefficient (Wildman–Crippen LogP) is 13.0. The summed E-state index contributed by atoms with van der Waals surface area (Å²) in [5.74, 6) is 5.96. The van der Waals surface area contributed by atoms with Crippen LogP contribution in [0, 0.1) is 0 Å². The van der Waals surface area contributed by atoms with Gasteiger partial charge in [-0.25, -0.2) is 4.79 Å². The number of nitrogens with one attached hydrogen (secondary N) is 4. The van der Waals surface area contributed by atoms with Gasteiger partial charge in [0.1, 0.15) is 3.41 Å². The molecule has 1 aromatic carbocycles. The molecule has 0 aliphatic carbocycles. The minimum absolute atomic E-state index is 0.0324. The molecule has 1 unspecified atom stereocenters. The van der Waals surface area contributed by atoms with Gasteiger partial charge in [0.05, 0.1) is 17.3 Å². The van der Waals surface area contributed by atoms with Gasteiger partial charge in [0.25, 0.3) is 5.91 Å². The Morgan fingerprint density at radius 2 is 1.33 bits per heavy atom. The standard InChI is InChI=1S/C50H84N4O4S5/c1-3-5-7-9-11-13-17-26-44(59-35-23-36-61-50(62-37-24-38-63-50)32-20-14-12-10-8-6-4-2)47(56)40-28-30-41(31-29-40)48(57)52-34-22-16-15-21-33-51-45(55)27-19-18-25-43-46-42(39-60-43)53-49(58)54-46/h28-31,42-44,46H,3-27,32-39H2,1-2H3,(H,51,55)(H,52,57)(H2,53,54,58)/t42-,43-,44?,46-/m0/s1. The van der Waals surface area contributed by atoms with Crippen LogP contribution >= 0.6 is 58.8 Å². The molecule has 4 rings (SSSR count). The topological polar surface area (TPSA) is 116 Å². The number of benzene rings is 1. The summed E-state index contributed by atoms with van der Waals surface area (Å²) < 4.78 is 0.324. The second-order valence-electron chi connectivity index (χ2n) is 17.9. The number of hydrogen-bond donors (Lipinski definition) is 4. The van der Waals surface area contributed by atoms with E-state index < -0.39 is 0 Å². The van der Waals surface area contributed by atoms with Crippen molar-refractivity contribution >= 4 is 82.4 Å². The first-order chi connectivity index (χ1) is 30.8. The van der Waals surface area contributed by atoms with Crippen LogP contribution in [0.25, 0.3) is 0 Å². The fraction of sp³-hybridized carbons (Fsp3) is 0.800. The summed E-state index contributed by atoms with van der Waals surface area (Å²) in [6.45, 7) is 5.85. The second-order valence-corrected chi connectivity index (χ2v) is 25.4. The van der Waals surface area contributed by atoms with Crippen LogP contribution in [0.15, 0.2) is 24.3 Å². The lowest BCUT2D eigenvalue weighted by Crippen LogP contribution is -2.36. The highest BCUT2D eigenvalue weighted by molar-refractivity contribution is 8.34. The van der Waals surface area contributed by atoms with Crippen molar-refractivity contribution in [3.63, 3.8) is 0 Å². The van der Waals surface area contributed by atoms with Gasteiger partial charge in [-0.3, -0.25) is 14.4 Å². The Kier molecular flexibility index (Phi) is 28.8. The summed E-state index contributed by atoms with van der Waals surface area (Å²) in [5, 5.41) is 12.5. The third kappa shape index (κ3) is 22.0. The number of Topliss-reactive ketones (excluding diaryl/α,β-unsaturated/α-hetero) is 1. The van der Waals surface area contributed by atoms with Crippen molar-refractivity contribution in [3.05, 3.63) is 35.4 Å². The number of unbranched alkanes of at least 4 members (excludes halogenated alkanes) is 16. The first kappa shape index (κ1) is 54.5. The summed E-state index contributed by atoms with van der Waals surface area (Å²) in [4.78, 5) is 50.8. The van der Waals surface area contributed by atoms with Gasteiger partial charge in [-0.1, -0.05) is 135 Å². The summed E-state index contributed by atoms with van der Waals surface area (Å²) in [6.07, 6.45) is 30.3. The van der Waals surface area contributed by atoms with Gasteiger partial charge in [0, 0.05) is 41.6 Å². The minimum atomic E-state index is -0.0946. The first-order valence-corrected chi connectivity index (χ1v) is 30.3. The molecule has 0 saturated carbocycles. The molecule has 3 heterocycles. The number of ketones is 1. The molecule has 3 saturated heterocycles. The lowest BCUT2D eigenvalue weighted by molar-refractivity contribution is -0.121. The number of amides is 4. The molecule has 4 N–H and O–H groups in total. The van der Waals surface area contributed by atoms with Crippen LogP contribution in [0.5, 0.6) is 0 Å². The smallest absolute Gasteiger partial charge is 0.315 e.